The lowest BCUT2D eigenvalue weighted by Gasteiger charge is -2.17. The molecule has 1 heterocycles. The van der Waals surface area contributed by atoms with E-state index in [2.05, 4.69) is 22.4 Å². The number of H-pyrrole nitrogens is 1. The summed E-state index contributed by atoms with van der Waals surface area (Å²) < 4.78 is 5.29. The first-order valence-corrected chi connectivity index (χ1v) is 8.75. The molecule has 2 N–H and O–H groups in total. The fraction of sp³-hybridized carbons (Fsp3) is 0.238. The van der Waals surface area contributed by atoms with Gasteiger partial charge in [-0.25, -0.2) is 0 Å². The van der Waals surface area contributed by atoms with Gasteiger partial charge in [0.1, 0.15) is 5.75 Å². The van der Waals surface area contributed by atoms with Crippen molar-refractivity contribution in [3.8, 4) is 16.9 Å². The summed E-state index contributed by atoms with van der Waals surface area (Å²) in [5, 5.41) is 9.79. The highest BCUT2D eigenvalue weighted by Crippen LogP contribution is 2.27. The second-order valence-electron chi connectivity index (χ2n) is 6.17. The second kappa shape index (κ2) is 8.34. The van der Waals surface area contributed by atoms with Crippen molar-refractivity contribution < 1.29 is 9.53 Å². The van der Waals surface area contributed by atoms with Crippen molar-refractivity contribution in [1.29, 1.82) is 0 Å². The molecule has 0 saturated carbocycles. The van der Waals surface area contributed by atoms with E-state index in [4.69, 9.17) is 4.74 Å². The summed E-state index contributed by atoms with van der Waals surface area (Å²) in [6, 6.07) is 15.5. The lowest BCUT2D eigenvalue weighted by molar-refractivity contribution is -0.117. The van der Waals surface area contributed by atoms with Gasteiger partial charge in [0.05, 0.1) is 19.2 Å². The number of carbonyl (C=O) groups excluding carboxylic acids is 1. The maximum Gasteiger partial charge on any atom is 0.231 e. The highest BCUT2D eigenvalue weighted by Gasteiger charge is 2.20. The quantitative estimate of drug-likeness (QED) is 0.655. The maximum absolute atomic E-state index is 12.8. The molecule has 0 fully saturated rings. The van der Waals surface area contributed by atoms with Crippen molar-refractivity contribution in [3.63, 3.8) is 0 Å². The molecule has 1 atom stereocenters. The van der Waals surface area contributed by atoms with Gasteiger partial charge in [-0.05, 0) is 41.8 Å². The molecule has 0 bridgehead atoms. The second-order valence-corrected chi connectivity index (χ2v) is 6.17. The van der Waals surface area contributed by atoms with Crippen LogP contribution in [0.5, 0.6) is 5.75 Å². The summed E-state index contributed by atoms with van der Waals surface area (Å²) >= 11 is 0. The molecule has 5 nitrogen and oxygen atoms in total. The Kier molecular flexibility index (Phi) is 5.69. The largest absolute Gasteiger partial charge is 0.497 e. The number of amides is 1. The van der Waals surface area contributed by atoms with Crippen LogP contribution in [-0.2, 0) is 4.79 Å². The molecule has 1 unspecified atom stereocenters. The van der Waals surface area contributed by atoms with Crippen LogP contribution in [0.3, 0.4) is 0 Å². The van der Waals surface area contributed by atoms with Crippen LogP contribution >= 0.6 is 0 Å². The Hall–Kier alpha value is -3.08. The van der Waals surface area contributed by atoms with Gasteiger partial charge in [0.25, 0.3) is 0 Å². The Morgan fingerprint density at radius 3 is 2.65 bits per heavy atom. The summed E-state index contributed by atoms with van der Waals surface area (Å²) in [6.45, 7) is 2.08. The summed E-state index contributed by atoms with van der Waals surface area (Å²) in [5.74, 6) is 0.556. The van der Waals surface area contributed by atoms with Gasteiger partial charge in [-0.3, -0.25) is 9.89 Å². The predicted molar refractivity (Wildman–Crippen MR) is 103 cm³/mol. The van der Waals surface area contributed by atoms with E-state index in [-0.39, 0.29) is 11.8 Å². The van der Waals surface area contributed by atoms with Crippen molar-refractivity contribution >= 4 is 11.6 Å². The van der Waals surface area contributed by atoms with Crippen LogP contribution in [0.25, 0.3) is 11.1 Å². The third-order valence-electron chi connectivity index (χ3n) is 4.37. The van der Waals surface area contributed by atoms with Crippen LogP contribution in [0.2, 0.25) is 0 Å². The average Bonchev–Trinajstić information content (AvgIpc) is 3.21. The van der Waals surface area contributed by atoms with Crippen LogP contribution < -0.4 is 10.1 Å². The molecule has 0 spiro atoms. The number of aromatic amines is 1. The van der Waals surface area contributed by atoms with Crippen molar-refractivity contribution in [1.82, 2.24) is 10.2 Å². The van der Waals surface area contributed by atoms with E-state index >= 15 is 0 Å². The van der Waals surface area contributed by atoms with Crippen LogP contribution in [0.1, 0.15) is 31.2 Å². The highest BCUT2D eigenvalue weighted by atomic mass is 16.5. The van der Waals surface area contributed by atoms with E-state index in [0.29, 0.717) is 0 Å². The van der Waals surface area contributed by atoms with E-state index in [1.54, 1.807) is 13.3 Å². The van der Waals surface area contributed by atoms with E-state index in [9.17, 15) is 4.79 Å². The van der Waals surface area contributed by atoms with Gasteiger partial charge in [0, 0.05) is 17.4 Å². The number of ether oxygens (including phenoxy) is 1. The molecule has 0 aliphatic rings. The minimum Gasteiger partial charge on any atom is -0.497 e. The third kappa shape index (κ3) is 4.11. The molecule has 26 heavy (non-hydrogen) atoms. The van der Waals surface area contributed by atoms with Gasteiger partial charge in [-0.2, -0.15) is 5.10 Å². The molecule has 3 rings (SSSR count). The molecule has 0 radical (unpaired) electrons. The van der Waals surface area contributed by atoms with E-state index < -0.39 is 0 Å². The maximum atomic E-state index is 12.8. The molecule has 0 aliphatic carbocycles. The lowest BCUT2D eigenvalue weighted by atomic mass is 9.93. The first-order valence-electron chi connectivity index (χ1n) is 8.75. The summed E-state index contributed by atoms with van der Waals surface area (Å²) in [6.07, 6.45) is 5.32. The van der Waals surface area contributed by atoms with Crippen molar-refractivity contribution in [2.45, 2.75) is 25.7 Å². The van der Waals surface area contributed by atoms with Crippen LogP contribution in [-0.4, -0.2) is 23.2 Å². The Bertz CT molecular complexity index is 842. The number of methoxy groups -OCH3 is 1. The Balaban J connectivity index is 1.75. The summed E-state index contributed by atoms with van der Waals surface area (Å²) in [5.41, 5.74) is 3.82. The number of hydrogen-bond donors (Lipinski definition) is 2. The van der Waals surface area contributed by atoms with Gasteiger partial charge >= 0.3 is 0 Å². The molecule has 2 aromatic carbocycles. The molecule has 1 aromatic heterocycles. The number of benzene rings is 2. The number of hydrogen-bond acceptors (Lipinski definition) is 3. The van der Waals surface area contributed by atoms with Crippen LogP contribution in [0.15, 0.2) is 60.9 Å². The molecule has 3 aromatic rings. The number of carbonyl (C=O) groups is 1. The molecule has 0 saturated heterocycles. The molecule has 0 aliphatic heterocycles. The van der Waals surface area contributed by atoms with Gasteiger partial charge in [0.2, 0.25) is 5.91 Å². The van der Waals surface area contributed by atoms with Gasteiger partial charge in [-0.1, -0.05) is 37.6 Å². The smallest absolute Gasteiger partial charge is 0.231 e. The zero-order valence-electron chi connectivity index (χ0n) is 15.0. The monoisotopic (exact) mass is 349 g/mol. The number of anilines is 1. The van der Waals surface area contributed by atoms with Crippen LogP contribution in [0, 0.1) is 0 Å². The summed E-state index contributed by atoms with van der Waals surface area (Å²) in [7, 11) is 1.63. The Morgan fingerprint density at radius 2 is 2.00 bits per heavy atom. The minimum atomic E-state index is -0.205. The zero-order valence-corrected chi connectivity index (χ0v) is 15.0. The first-order chi connectivity index (χ1) is 12.7. The van der Waals surface area contributed by atoms with E-state index in [1.807, 2.05) is 54.7 Å². The predicted octanol–water partition coefficient (Wildman–Crippen LogP) is 4.61. The average molecular weight is 349 g/mol. The van der Waals surface area contributed by atoms with Gasteiger partial charge in [0.15, 0.2) is 0 Å². The van der Waals surface area contributed by atoms with Crippen molar-refractivity contribution in [3.05, 3.63) is 66.5 Å². The Labute approximate surface area is 153 Å². The first kappa shape index (κ1) is 17.7. The molecular weight excluding hydrogens is 326 g/mol. The van der Waals surface area contributed by atoms with Crippen LogP contribution in [0.4, 0.5) is 5.69 Å². The van der Waals surface area contributed by atoms with Crippen molar-refractivity contribution in [2.24, 2.45) is 0 Å². The van der Waals surface area contributed by atoms with E-state index in [1.165, 1.54) is 0 Å². The number of rotatable bonds is 7. The molecule has 1 amide bonds. The zero-order chi connectivity index (χ0) is 18.4. The van der Waals surface area contributed by atoms with E-state index in [0.717, 1.165) is 41.0 Å². The molecule has 5 heteroatoms. The van der Waals surface area contributed by atoms with Gasteiger partial charge in [-0.15, -0.1) is 0 Å². The molecule has 134 valence electrons. The third-order valence-corrected chi connectivity index (χ3v) is 4.37. The Morgan fingerprint density at radius 1 is 1.19 bits per heavy atom. The molecular formula is C21H23N3O2. The highest BCUT2D eigenvalue weighted by molar-refractivity contribution is 5.96. The summed E-state index contributed by atoms with van der Waals surface area (Å²) in [4.78, 5) is 12.8. The van der Waals surface area contributed by atoms with Crippen molar-refractivity contribution in [2.75, 3.05) is 12.4 Å². The SMILES string of the molecule is CCCC(C(=O)Nc1ccc(-c2cn[nH]c2)cc1)c1cccc(OC)c1. The topological polar surface area (TPSA) is 67.0 Å². The number of aromatic nitrogens is 2. The standard InChI is InChI=1S/C21H23N3O2/c1-3-5-20(16-6-4-7-19(12-16)26-2)21(25)24-18-10-8-15(9-11-18)17-13-22-23-14-17/h4,6-14,20H,3,5H2,1-2H3,(H,22,23)(H,24,25). The minimum absolute atomic E-state index is 0.00355. The normalized spacial score (nSPS) is 11.8. The van der Waals surface area contributed by atoms with Gasteiger partial charge < -0.3 is 10.1 Å². The fourth-order valence-corrected chi connectivity index (χ4v) is 2.98. The number of nitrogens with zero attached hydrogens (tertiary/aromatic N) is 1. The number of nitrogens with one attached hydrogen (secondary N) is 2. The fourth-order valence-electron chi connectivity index (χ4n) is 2.98. The lowest BCUT2D eigenvalue weighted by Crippen LogP contribution is -2.21.